The Hall–Kier alpha value is -0.910. The lowest BCUT2D eigenvalue weighted by atomic mass is 9.80. The van der Waals surface area contributed by atoms with Gasteiger partial charge in [0.15, 0.2) is 0 Å². The second kappa shape index (κ2) is 6.77. The second-order valence-electron chi connectivity index (χ2n) is 7.92. The quantitative estimate of drug-likeness (QED) is 0.889. The average Bonchev–Trinajstić information content (AvgIpc) is 3.07. The molecule has 3 heterocycles. The van der Waals surface area contributed by atoms with Crippen LogP contribution in [0, 0.1) is 11.8 Å². The molecule has 1 spiro atoms. The summed E-state index contributed by atoms with van der Waals surface area (Å²) in [4.78, 5) is 14.9. The van der Waals surface area contributed by atoms with E-state index in [1.165, 1.54) is 18.4 Å². The van der Waals surface area contributed by atoms with Gasteiger partial charge in [-0.15, -0.1) is 0 Å². The van der Waals surface area contributed by atoms with Gasteiger partial charge in [-0.1, -0.05) is 6.92 Å². The van der Waals surface area contributed by atoms with Crippen LogP contribution in [0.4, 0.5) is 0 Å². The van der Waals surface area contributed by atoms with Crippen LogP contribution in [0.5, 0.6) is 0 Å². The summed E-state index contributed by atoms with van der Waals surface area (Å²) >= 11 is 1.77. The average molecular weight is 349 g/mol. The molecule has 1 aliphatic carbocycles. The number of likely N-dealkylation sites (tertiary alicyclic amines) is 1. The van der Waals surface area contributed by atoms with Crippen molar-refractivity contribution in [1.29, 1.82) is 0 Å². The number of hydrogen-bond donors (Lipinski definition) is 1. The van der Waals surface area contributed by atoms with Crippen molar-refractivity contribution in [2.45, 2.75) is 57.3 Å². The molecule has 1 amide bonds. The highest BCUT2D eigenvalue weighted by Crippen LogP contribution is 2.42. The molecule has 2 saturated heterocycles. The number of ether oxygens (including phenoxy) is 1. The van der Waals surface area contributed by atoms with Crippen LogP contribution in [0.25, 0.3) is 0 Å². The Labute approximate surface area is 148 Å². The molecule has 0 unspecified atom stereocenters. The predicted molar refractivity (Wildman–Crippen MR) is 95.9 cm³/mol. The number of amides is 1. The Morgan fingerprint density at radius 2 is 2.29 bits per heavy atom. The van der Waals surface area contributed by atoms with Crippen molar-refractivity contribution >= 4 is 17.2 Å². The summed E-state index contributed by atoms with van der Waals surface area (Å²) in [5.74, 6) is 1.32. The van der Waals surface area contributed by atoms with E-state index in [2.05, 4.69) is 34.0 Å². The number of nitrogens with zero attached hydrogens (tertiary/aromatic N) is 1. The highest BCUT2D eigenvalue weighted by Gasteiger charge is 2.48. The van der Waals surface area contributed by atoms with Crippen LogP contribution in [0.15, 0.2) is 16.8 Å². The molecule has 0 bridgehead atoms. The molecule has 3 fully saturated rings. The minimum atomic E-state index is -0.227. The number of carbonyl (C=O) groups excluding carboxylic acids is 1. The third kappa shape index (κ3) is 3.53. The number of thiophene rings is 1. The summed E-state index contributed by atoms with van der Waals surface area (Å²) < 4.78 is 6.36. The topological polar surface area (TPSA) is 41.6 Å². The summed E-state index contributed by atoms with van der Waals surface area (Å²) in [6.07, 6.45) is 5.27. The maximum Gasteiger partial charge on any atom is 0.249 e. The standard InChI is InChI=1S/C19H28N2O2S/c1-14-11-21(12-16-5-9-24-13-16)8-7-19(14)6-4-17(23-19)18(22)20-10-15-2-3-15/h5,9,13-15,17H,2-4,6-8,10-12H2,1H3,(H,20,22)/t14-,17+,19+/m0/s1. The summed E-state index contributed by atoms with van der Waals surface area (Å²) in [5, 5.41) is 7.47. The van der Waals surface area contributed by atoms with Crippen LogP contribution in [0.2, 0.25) is 0 Å². The van der Waals surface area contributed by atoms with Crippen molar-refractivity contribution < 1.29 is 9.53 Å². The predicted octanol–water partition coefficient (Wildman–Crippen LogP) is 3.03. The van der Waals surface area contributed by atoms with E-state index in [1.54, 1.807) is 11.3 Å². The number of hydrogen-bond acceptors (Lipinski definition) is 4. The molecule has 132 valence electrons. The smallest absolute Gasteiger partial charge is 0.249 e. The minimum Gasteiger partial charge on any atom is -0.362 e. The largest absolute Gasteiger partial charge is 0.362 e. The zero-order chi connectivity index (χ0) is 16.6. The SMILES string of the molecule is C[C@H]1CN(Cc2ccsc2)CC[C@]12CC[C@H](C(=O)NCC1CC1)O2. The normalized spacial score (nSPS) is 33.9. The van der Waals surface area contributed by atoms with Crippen molar-refractivity contribution in [1.82, 2.24) is 10.2 Å². The van der Waals surface area contributed by atoms with E-state index >= 15 is 0 Å². The molecule has 0 aromatic carbocycles. The lowest BCUT2D eigenvalue weighted by Crippen LogP contribution is -2.51. The van der Waals surface area contributed by atoms with Crippen LogP contribution >= 0.6 is 11.3 Å². The molecule has 4 nitrogen and oxygen atoms in total. The molecule has 1 aromatic heterocycles. The fourth-order valence-electron chi connectivity index (χ4n) is 4.21. The summed E-state index contributed by atoms with van der Waals surface area (Å²) in [5.41, 5.74) is 1.33. The van der Waals surface area contributed by atoms with Crippen molar-refractivity contribution in [3.05, 3.63) is 22.4 Å². The molecule has 1 N–H and O–H groups in total. The van der Waals surface area contributed by atoms with Crippen LogP contribution < -0.4 is 5.32 Å². The van der Waals surface area contributed by atoms with Crippen LogP contribution in [0.1, 0.15) is 44.6 Å². The Bertz CT molecular complexity index is 572. The zero-order valence-electron chi connectivity index (χ0n) is 14.5. The van der Waals surface area contributed by atoms with Gasteiger partial charge in [-0.2, -0.15) is 11.3 Å². The number of carbonyl (C=O) groups is 1. The van der Waals surface area contributed by atoms with Crippen LogP contribution in [0.3, 0.4) is 0 Å². The molecule has 2 aliphatic heterocycles. The summed E-state index contributed by atoms with van der Waals surface area (Å²) in [7, 11) is 0. The van der Waals surface area contributed by atoms with Gasteiger partial charge in [0, 0.05) is 26.2 Å². The molecule has 5 heteroatoms. The molecule has 1 saturated carbocycles. The van der Waals surface area contributed by atoms with Crippen LogP contribution in [-0.2, 0) is 16.1 Å². The molecule has 0 radical (unpaired) electrons. The van der Waals surface area contributed by atoms with E-state index in [4.69, 9.17) is 4.74 Å². The van der Waals surface area contributed by atoms with Crippen molar-refractivity contribution in [3.8, 4) is 0 Å². The Morgan fingerprint density at radius 3 is 3.00 bits per heavy atom. The van der Waals surface area contributed by atoms with E-state index in [-0.39, 0.29) is 17.6 Å². The monoisotopic (exact) mass is 348 g/mol. The fraction of sp³-hybridized carbons (Fsp3) is 0.737. The van der Waals surface area contributed by atoms with Gasteiger partial charge in [0.25, 0.3) is 0 Å². The van der Waals surface area contributed by atoms with Gasteiger partial charge >= 0.3 is 0 Å². The van der Waals surface area contributed by atoms with Gasteiger partial charge in [-0.05, 0) is 66.3 Å². The number of nitrogens with one attached hydrogen (secondary N) is 1. The Morgan fingerprint density at radius 1 is 1.42 bits per heavy atom. The Kier molecular flexibility index (Phi) is 4.67. The molecule has 24 heavy (non-hydrogen) atoms. The summed E-state index contributed by atoms with van der Waals surface area (Å²) in [6, 6.07) is 2.21. The van der Waals surface area contributed by atoms with Gasteiger partial charge in [0.1, 0.15) is 6.10 Å². The van der Waals surface area contributed by atoms with Crippen molar-refractivity contribution in [2.75, 3.05) is 19.6 Å². The lowest BCUT2D eigenvalue weighted by molar-refractivity contribution is -0.147. The maximum atomic E-state index is 12.3. The first kappa shape index (κ1) is 16.6. The number of piperidine rings is 1. The van der Waals surface area contributed by atoms with Gasteiger partial charge in [0.05, 0.1) is 5.60 Å². The van der Waals surface area contributed by atoms with Crippen LogP contribution in [-0.4, -0.2) is 42.1 Å². The zero-order valence-corrected chi connectivity index (χ0v) is 15.3. The molecule has 3 aliphatic rings. The lowest BCUT2D eigenvalue weighted by Gasteiger charge is -2.44. The first-order valence-corrected chi connectivity index (χ1v) is 10.3. The van der Waals surface area contributed by atoms with E-state index in [0.29, 0.717) is 5.92 Å². The molecule has 1 aromatic rings. The second-order valence-corrected chi connectivity index (χ2v) is 8.70. The molecular formula is C19H28N2O2S. The Balaban J connectivity index is 1.30. The van der Waals surface area contributed by atoms with Gasteiger partial charge in [-0.25, -0.2) is 0 Å². The fourth-order valence-corrected chi connectivity index (χ4v) is 4.87. The van der Waals surface area contributed by atoms with Gasteiger partial charge < -0.3 is 10.1 Å². The molecule has 4 rings (SSSR count). The van der Waals surface area contributed by atoms with E-state index in [1.807, 2.05) is 0 Å². The third-order valence-corrected chi connectivity index (χ3v) is 6.76. The van der Waals surface area contributed by atoms with E-state index < -0.39 is 0 Å². The van der Waals surface area contributed by atoms with Crippen molar-refractivity contribution in [2.24, 2.45) is 11.8 Å². The van der Waals surface area contributed by atoms with Crippen molar-refractivity contribution in [3.63, 3.8) is 0 Å². The summed E-state index contributed by atoms with van der Waals surface area (Å²) in [6.45, 7) is 6.30. The first-order valence-electron chi connectivity index (χ1n) is 9.33. The van der Waals surface area contributed by atoms with E-state index in [0.717, 1.165) is 51.4 Å². The highest BCUT2D eigenvalue weighted by molar-refractivity contribution is 7.07. The van der Waals surface area contributed by atoms with Gasteiger partial charge in [-0.3, -0.25) is 9.69 Å². The first-order chi connectivity index (χ1) is 11.6. The molecular weight excluding hydrogens is 320 g/mol. The maximum absolute atomic E-state index is 12.3. The highest BCUT2D eigenvalue weighted by atomic mass is 32.1. The molecule has 3 atom stereocenters. The third-order valence-electron chi connectivity index (χ3n) is 6.03. The van der Waals surface area contributed by atoms with E-state index in [9.17, 15) is 4.79 Å². The minimum absolute atomic E-state index is 0.0767. The van der Waals surface area contributed by atoms with Gasteiger partial charge in [0.2, 0.25) is 5.91 Å². The number of rotatable bonds is 5.